The zero-order valence-corrected chi connectivity index (χ0v) is 19.8. The van der Waals surface area contributed by atoms with Crippen molar-refractivity contribution < 1.29 is 9.53 Å². The Morgan fingerprint density at radius 2 is 2.00 bits per heavy atom. The van der Waals surface area contributed by atoms with Gasteiger partial charge >= 0.3 is 0 Å². The number of rotatable bonds is 7. The van der Waals surface area contributed by atoms with Gasteiger partial charge in [-0.3, -0.25) is 14.2 Å². The van der Waals surface area contributed by atoms with Crippen LogP contribution in [0.3, 0.4) is 0 Å². The van der Waals surface area contributed by atoms with Gasteiger partial charge in [0.25, 0.3) is 5.56 Å². The Hall–Kier alpha value is -2.81. The number of nitrogens with zero attached hydrogens (tertiary/aromatic N) is 2. The first-order valence-electron chi connectivity index (χ1n) is 9.87. The second-order valence-electron chi connectivity index (χ2n) is 6.84. The molecule has 0 atom stereocenters. The van der Waals surface area contributed by atoms with Crippen LogP contribution < -0.4 is 15.6 Å². The normalized spacial score (nSPS) is 11.0. The second kappa shape index (κ2) is 9.77. The molecule has 0 aliphatic rings. The van der Waals surface area contributed by atoms with Gasteiger partial charge in [0.15, 0.2) is 5.16 Å². The number of benzene rings is 2. The lowest BCUT2D eigenvalue weighted by molar-refractivity contribution is -0.113. The van der Waals surface area contributed by atoms with E-state index in [2.05, 4.69) is 5.32 Å². The molecule has 0 spiro atoms. The summed E-state index contributed by atoms with van der Waals surface area (Å²) < 4.78 is 6.84. The molecule has 2 heterocycles. The number of ether oxygens (including phenoxy) is 1. The van der Waals surface area contributed by atoms with Crippen molar-refractivity contribution in [1.29, 1.82) is 0 Å². The molecule has 1 amide bonds. The molecule has 0 radical (unpaired) electrons. The molecule has 2 aromatic heterocycles. The van der Waals surface area contributed by atoms with Crippen LogP contribution in [0.2, 0.25) is 5.02 Å². The minimum Gasteiger partial charge on any atom is -0.495 e. The molecule has 0 bridgehead atoms. The van der Waals surface area contributed by atoms with Gasteiger partial charge in [0.1, 0.15) is 10.6 Å². The number of thioether (sulfide) groups is 1. The van der Waals surface area contributed by atoms with Crippen LogP contribution in [0.25, 0.3) is 15.9 Å². The maximum Gasteiger partial charge on any atom is 0.267 e. The lowest BCUT2D eigenvalue weighted by Gasteiger charge is -2.13. The van der Waals surface area contributed by atoms with Crippen molar-refractivity contribution in [2.45, 2.75) is 18.5 Å². The molecule has 0 aliphatic carbocycles. The number of hydrogen-bond donors (Lipinski definition) is 1. The number of halogens is 1. The predicted octanol–water partition coefficient (Wildman–Crippen LogP) is 5.40. The number of aromatic nitrogens is 2. The standard InChI is InChI=1S/C23H20ClN3O3S2/c1-3-16-12-17-21(32-16)26-23(27(22(17)29)15-7-5-4-6-8-15)31-13-20(28)25-18-11-14(24)9-10-19(18)30-2/h4-12H,3,13H2,1-2H3,(H,25,28). The molecule has 2 aromatic carbocycles. The number of aryl methyl sites for hydroxylation is 1. The van der Waals surface area contributed by atoms with Gasteiger partial charge in [-0.2, -0.15) is 0 Å². The number of fused-ring (bicyclic) bond motifs is 1. The fraction of sp³-hybridized carbons (Fsp3) is 0.174. The van der Waals surface area contributed by atoms with Gasteiger partial charge < -0.3 is 10.1 Å². The van der Waals surface area contributed by atoms with Crippen molar-refractivity contribution in [3.05, 3.63) is 74.9 Å². The number of carbonyl (C=O) groups excluding carboxylic acids is 1. The zero-order chi connectivity index (χ0) is 22.7. The number of anilines is 1. The van der Waals surface area contributed by atoms with Crippen LogP contribution in [0.15, 0.2) is 64.5 Å². The van der Waals surface area contributed by atoms with Crippen LogP contribution in [0.5, 0.6) is 5.75 Å². The second-order valence-corrected chi connectivity index (χ2v) is 9.33. The molecule has 0 aliphatic heterocycles. The molecule has 0 saturated carbocycles. The van der Waals surface area contributed by atoms with Crippen LogP contribution >= 0.6 is 34.7 Å². The average molecular weight is 486 g/mol. The highest BCUT2D eigenvalue weighted by atomic mass is 35.5. The third-order valence-electron chi connectivity index (χ3n) is 4.72. The third-order valence-corrected chi connectivity index (χ3v) is 7.06. The van der Waals surface area contributed by atoms with Crippen molar-refractivity contribution in [3.63, 3.8) is 0 Å². The Balaban J connectivity index is 1.66. The summed E-state index contributed by atoms with van der Waals surface area (Å²) in [6.45, 7) is 2.05. The highest BCUT2D eigenvalue weighted by Crippen LogP contribution is 2.29. The number of methoxy groups -OCH3 is 1. The molecule has 4 aromatic rings. The van der Waals surface area contributed by atoms with E-state index in [1.807, 2.05) is 43.3 Å². The van der Waals surface area contributed by atoms with E-state index in [1.165, 1.54) is 30.2 Å². The SMILES string of the molecule is CCc1cc2c(=O)n(-c3ccccc3)c(SCC(=O)Nc3cc(Cl)ccc3OC)nc2s1. The molecule has 9 heteroatoms. The molecule has 164 valence electrons. The molecular weight excluding hydrogens is 466 g/mol. The largest absolute Gasteiger partial charge is 0.495 e. The van der Waals surface area contributed by atoms with Crippen LogP contribution in [0.4, 0.5) is 5.69 Å². The molecule has 1 N–H and O–H groups in total. The van der Waals surface area contributed by atoms with Crippen LogP contribution in [-0.4, -0.2) is 28.3 Å². The summed E-state index contributed by atoms with van der Waals surface area (Å²) in [6.07, 6.45) is 0.832. The summed E-state index contributed by atoms with van der Waals surface area (Å²) in [4.78, 5) is 32.5. The molecule has 4 rings (SSSR count). The van der Waals surface area contributed by atoms with E-state index >= 15 is 0 Å². The molecular formula is C23H20ClN3O3S2. The number of para-hydroxylation sites is 1. The quantitative estimate of drug-likeness (QED) is 0.280. The highest BCUT2D eigenvalue weighted by Gasteiger charge is 2.17. The Morgan fingerprint density at radius 1 is 1.22 bits per heavy atom. The maximum atomic E-state index is 13.3. The minimum absolute atomic E-state index is 0.0620. The van der Waals surface area contributed by atoms with Gasteiger partial charge in [-0.1, -0.05) is 48.5 Å². The van der Waals surface area contributed by atoms with Crippen molar-refractivity contribution in [2.75, 3.05) is 18.2 Å². The van der Waals surface area contributed by atoms with Crippen molar-refractivity contribution in [3.8, 4) is 11.4 Å². The maximum absolute atomic E-state index is 13.3. The van der Waals surface area contributed by atoms with Gasteiger partial charge in [0, 0.05) is 9.90 Å². The molecule has 6 nitrogen and oxygen atoms in total. The summed E-state index contributed by atoms with van der Waals surface area (Å²) >= 11 is 8.76. The van der Waals surface area contributed by atoms with E-state index in [9.17, 15) is 9.59 Å². The first-order chi connectivity index (χ1) is 15.5. The van der Waals surface area contributed by atoms with E-state index in [1.54, 1.807) is 22.8 Å². The first kappa shape index (κ1) is 22.4. The number of amides is 1. The summed E-state index contributed by atoms with van der Waals surface area (Å²) in [7, 11) is 1.52. The first-order valence-corrected chi connectivity index (χ1v) is 12.0. The molecule has 0 fully saturated rings. The highest BCUT2D eigenvalue weighted by molar-refractivity contribution is 7.99. The van der Waals surface area contributed by atoms with Gasteiger partial charge in [-0.15, -0.1) is 11.3 Å². The van der Waals surface area contributed by atoms with E-state index in [0.29, 0.717) is 37.5 Å². The molecule has 0 saturated heterocycles. The van der Waals surface area contributed by atoms with Gasteiger partial charge in [0.2, 0.25) is 5.91 Å². The van der Waals surface area contributed by atoms with Gasteiger partial charge in [0.05, 0.1) is 29.6 Å². The monoisotopic (exact) mass is 485 g/mol. The van der Waals surface area contributed by atoms with Gasteiger partial charge in [-0.05, 0) is 42.8 Å². The Morgan fingerprint density at radius 3 is 2.72 bits per heavy atom. The van der Waals surface area contributed by atoms with Crippen molar-refractivity contribution in [1.82, 2.24) is 9.55 Å². The number of carbonyl (C=O) groups is 1. The Labute approximate surface area is 198 Å². The summed E-state index contributed by atoms with van der Waals surface area (Å²) in [5, 5.41) is 4.36. The fourth-order valence-corrected chi connectivity index (χ4v) is 5.18. The summed E-state index contributed by atoms with van der Waals surface area (Å²) in [5.74, 6) is 0.316. The van der Waals surface area contributed by atoms with E-state index < -0.39 is 0 Å². The number of hydrogen-bond acceptors (Lipinski definition) is 6. The number of nitrogens with one attached hydrogen (secondary N) is 1. The molecule has 32 heavy (non-hydrogen) atoms. The topological polar surface area (TPSA) is 73.2 Å². The van der Waals surface area contributed by atoms with E-state index in [4.69, 9.17) is 21.3 Å². The minimum atomic E-state index is -0.259. The van der Waals surface area contributed by atoms with Crippen LogP contribution in [0.1, 0.15) is 11.8 Å². The lowest BCUT2D eigenvalue weighted by atomic mass is 10.3. The van der Waals surface area contributed by atoms with E-state index in [-0.39, 0.29) is 17.2 Å². The zero-order valence-electron chi connectivity index (χ0n) is 17.4. The Bertz CT molecular complexity index is 1340. The van der Waals surface area contributed by atoms with Crippen LogP contribution in [0, 0.1) is 0 Å². The van der Waals surface area contributed by atoms with Crippen molar-refractivity contribution in [2.24, 2.45) is 0 Å². The Kier molecular flexibility index (Phi) is 6.83. The third kappa shape index (κ3) is 4.67. The summed E-state index contributed by atoms with van der Waals surface area (Å²) in [5.41, 5.74) is 1.05. The molecule has 0 unspecified atom stereocenters. The van der Waals surface area contributed by atoms with Gasteiger partial charge in [-0.25, -0.2) is 4.98 Å². The van der Waals surface area contributed by atoms with Crippen molar-refractivity contribution >= 4 is 56.5 Å². The predicted molar refractivity (Wildman–Crippen MR) is 132 cm³/mol. The average Bonchev–Trinajstić information content (AvgIpc) is 3.22. The number of thiophene rings is 1. The van der Waals surface area contributed by atoms with E-state index in [0.717, 1.165) is 11.3 Å². The lowest BCUT2D eigenvalue weighted by Crippen LogP contribution is -2.22. The van der Waals surface area contributed by atoms with Crippen LogP contribution in [-0.2, 0) is 11.2 Å². The fourth-order valence-electron chi connectivity index (χ4n) is 3.18. The smallest absolute Gasteiger partial charge is 0.267 e. The summed E-state index contributed by atoms with van der Waals surface area (Å²) in [6, 6.07) is 16.2.